The molecule has 4 heteroatoms. The second-order valence-electron chi connectivity index (χ2n) is 7.85. The van der Waals surface area contributed by atoms with Gasteiger partial charge in [-0.3, -0.25) is 0 Å². The predicted octanol–water partition coefficient (Wildman–Crippen LogP) is 7.24. The molecule has 0 aromatic heterocycles. The topological polar surface area (TPSA) is 44.8 Å². The Labute approximate surface area is 191 Å². The molecule has 168 valence electrons. The van der Waals surface area contributed by atoms with E-state index in [1.807, 2.05) is 67.6 Å². The van der Waals surface area contributed by atoms with Gasteiger partial charge in [-0.25, -0.2) is 4.79 Å². The van der Waals surface area contributed by atoms with Crippen LogP contribution in [0.15, 0.2) is 72.8 Å². The molecule has 32 heavy (non-hydrogen) atoms. The summed E-state index contributed by atoms with van der Waals surface area (Å²) in [5, 5.41) is 0. The molecule has 3 aromatic rings. The first-order valence-corrected chi connectivity index (χ1v) is 11.3. The lowest BCUT2D eigenvalue weighted by Crippen LogP contribution is -2.08. The van der Waals surface area contributed by atoms with Crippen molar-refractivity contribution in [2.75, 3.05) is 13.7 Å². The molecular weight excluding hydrogens is 400 g/mol. The Kier molecular flexibility index (Phi) is 8.88. The van der Waals surface area contributed by atoms with Gasteiger partial charge in [0, 0.05) is 7.11 Å². The summed E-state index contributed by atoms with van der Waals surface area (Å²) in [5.74, 6) is 1.02. The molecule has 1 atom stereocenters. The highest BCUT2D eigenvalue weighted by Crippen LogP contribution is 2.25. The third-order valence-corrected chi connectivity index (χ3v) is 5.49. The van der Waals surface area contributed by atoms with E-state index in [0.717, 1.165) is 35.5 Å². The van der Waals surface area contributed by atoms with Gasteiger partial charge in [0.15, 0.2) is 0 Å². The van der Waals surface area contributed by atoms with Crippen LogP contribution in [-0.2, 0) is 4.74 Å². The highest BCUT2D eigenvalue weighted by molar-refractivity contribution is 5.91. The minimum Gasteiger partial charge on any atom is -0.494 e. The van der Waals surface area contributed by atoms with Crippen LogP contribution in [0.1, 0.15) is 61.6 Å². The predicted molar refractivity (Wildman–Crippen MR) is 128 cm³/mol. The minimum absolute atomic E-state index is 0.0148. The third-order valence-electron chi connectivity index (χ3n) is 5.49. The van der Waals surface area contributed by atoms with Gasteiger partial charge < -0.3 is 14.2 Å². The van der Waals surface area contributed by atoms with Crippen LogP contribution in [-0.4, -0.2) is 19.7 Å². The van der Waals surface area contributed by atoms with Crippen LogP contribution in [0, 0.1) is 0 Å². The molecule has 0 amide bonds. The smallest absolute Gasteiger partial charge is 0.343 e. The van der Waals surface area contributed by atoms with E-state index in [1.165, 1.54) is 19.3 Å². The van der Waals surface area contributed by atoms with Crippen molar-refractivity contribution in [3.8, 4) is 22.6 Å². The molecule has 0 aliphatic carbocycles. The first-order valence-electron chi connectivity index (χ1n) is 11.3. The van der Waals surface area contributed by atoms with Crippen LogP contribution in [0.4, 0.5) is 0 Å². The fraction of sp³-hybridized carbons (Fsp3) is 0.321. The normalized spacial score (nSPS) is 11.7. The Morgan fingerprint density at radius 1 is 0.781 bits per heavy atom. The van der Waals surface area contributed by atoms with Crippen molar-refractivity contribution < 1.29 is 19.0 Å². The van der Waals surface area contributed by atoms with Crippen molar-refractivity contribution in [3.05, 3.63) is 83.9 Å². The first-order chi connectivity index (χ1) is 15.6. The van der Waals surface area contributed by atoms with Crippen LogP contribution in [0.3, 0.4) is 0 Å². The molecular formula is C28H32O4. The fourth-order valence-corrected chi connectivity index (χ4v) is 3.37. The van der Waals surface area contributed by atoms with Crippen molar-refractivity contribution in [2.45, 2.75) is 45.6 Å². The van der Waals surface area contributed by atoms with Crippen LogP contribution < -0.4 is 9.47 Å². The van der Waals surface area contributed by atoms with Crippen molar-refractivity contribution in [3.63, 3.8) is 0 Å². The zero-order valence-corrected chi connectivity index (χ0v) is 19.2. The van der Waals surface area contributed by atoms with Crippen LogP contribution >= 0.6 is 0 Å². The Morgan fingerprint density at radius 2 is 1.38 bits per heavy atom. The van der Waals surface area contributed by atoms with Gasteiger partial charge >= 0.3 is 5.97 Å². The quantitative estimate of drug-likeness (QED) is 0.182. The molecule has 0 saturated carbocycles. The van der Waals surface area contributed by atoms with Gasteiger partial charge in [0.25, 0.3) is 0 Å². The lowest BCUT2D eigenvalue weighted by molar-refractivity contribution is 0.0734. The summed E-state index contributed by atoms with van der Waals surface area (Å²) in [6, 6.07) is 22.9. The maximum Gasteiger partial charge on any atom is 0.343 e. The van der Waals surface area contributed by atoms with E-state index in [1.54, 1.807) is 19.2 Å². The van der Waals surface area contributed by atoms with Crippen LogP contribution in [0.2, 0.25) is 0 Å². The maximum atomic E-state index is 12.4. The standard InChI is InChI=1S/C28H32O4/c1-4-5-6-7-20-31-26-16-12-23(13-17-26)24-14-18-27(19-15-24)32-28(29)25-10-8-22(9-11-25)21(2)30-3/h8-19,21H,4-7,20H2,1-3H3. The van der Waals surface area contributed by atoms with E-state index in [2.05, 4.69) is 6.92 Å². The zero-order valence-electron chi connectivity index (χ0n) is 19.2. The number of ether oxygens (including phenoxy) is 3. The molecule has 3 aromatic carbocycles. The number of hydrogen-bond donors (Lipinski definition) is 0. The first kappa shape index (κ1) is 23.6. The number of rotatable bonds is 11. The molecule has 0 saturated heterocycles. The summed E-state index contributed by atoms with van der Waals surface area (Å²) < 4.78 is 16.6. The fourth-order valence-electron chi connectivity index (χ4n) is 3.37. The largest absolute Gasteiger partial charge is 0.494 e. The van der Waals surface area contributed by atoms with Crippen LogP contribution in [0.25, 0.3) is 11.1 Å². The summed E-state index contributed by atoms with van der Waals surface area (Å²) in [6.45, 7) is 4.93. The molecule has 0 N–H and O–H groups in total. The molecule has 0 aliphatic heterocycles. The van der Waals surface area contributed by atoms with Crippen molar-refractivity contribution in [1.29, 1.82) is 0 Å². The summed E-state index contributed by atoms with van der Waals surface area (Å²) >= 11 is 0. The Hall–Kier alpha value is -3.11. The van der Waals surface area contributed by atoms with E-state index in [9.17, 15) is 4.79 Å². The van der Waals surface area contributed by atoms with E-state index < -0.39 is 0 Å². The average molecular weight is 433 g/mol. The second kappa shape index (κ2) is 12.1. The van der Waals surface area contributed by atoms with Crippen LogP contribution in [0.5, 0.6) is 11.5 Å². The molecule has 3 rings (SSSR count). The third kappa shape index (κ3) is 6.69. The Balaban J connectivity index is 1.55. The minimum atomic E-state index is -0.380. The van der Waals surface area contributed by atoms with Gasteiger partial charge in [-0.15, -0.1) is 0 Å². The molecule has 0 aliphatic rings. The number of methoxy groups -OCH3 is 1. The van der Waals surface area contributed by atoms with Gasteiger partial charge in [-0.1, -0.05) is 62.6 Å². The molecule has 0 spiro atoms. The Bertz CT molecular complexity index is 960. The highest BCUT2D eigenvalue weighted by atomic mass is 16.5. The van der Waals surface area contributed by atoms with Gasteiger partial charge in [0.1, 0.15) is 11.5 Å². The van der Waals surface area contributed by atoms with Crippen molar-refractivity contribution in [2.24, 2.45) is 0 Å². The Morgan fingerprint density at radius 3 is 1.94 bits per heavy atom. The van der Waals surface area contributed by atoms with E-state index in [0.29, 0.717) is 11.3 Å². The lowest BCUT2D eigenvalue weighted by Gasteiger charge is -2.10. The highest BCUT2D eigenvalue weighted by Gasteiger charge is 2.11. The monoisotopic (exact) mass is 432 g/mol. The molecule has 0 fully saturated rings. The van der Waals surface area contributed by atoms with E-state index in [4.69, 9.17) is 14.2 Å². The number of carbonyl (C=O) groups excluding carboxylic acids is 1. The molecule has 0 radical (unpaired) electrons. The van der Waals surface area contributed by atoms with Gasteiger partial charge in [-0.05, 0) is 66.4 Å². The van der Waals surface area contributed by atoms with Gasteiger partial charge in [0.2, 0.25) is 0 Å². The SMILES string of the molecule is CCCCCCOc1ccc(-c2ccc(OC(=O)c3ccc(C(C)OC)cc3)cc2)cc1. The van der Waals surface area contributed by atoms with Crippen molar-refractivity contribution >= 4 is 5.97 Å². The molecule has 0 heterocycles. The molecule has 4 nitrogen and oxygen atoms in total. The number of carbonyl (C=O) groups is 1. The molecule has 1 unspecified atom stereocenters. The number of esters is 1. The summed E-state index contributed by atoms with van der Waals surface area (Å²) in [5.41, 5.74) is 3.66. The summed E-state index contributed by atoms with van der Waals surface area (Å²) in [6.07, 6.45) is 4.77. The molecule has 0 bridgehead atoms. The van der Waals surface area contributed by atoms with E-state index in [-0.39, 0.29) is 12.1 Å². The van der Waals surface area contributed by atoms with Crippen molar-refractivity contribution in [1.82, 2.24) is 0 Å². The maximum absolute atomic E-state index is 12.4. The zero-order chi connectivity index (χ0) is 22.8. The second-order valence-corrected chi connectivity index (χ2v) is 7.85. The van der Waals surface area contributed by atoms with Gasteiger partial charge in [0.05, 0.1) is 18.3 Å². The lowest BCUT2D eigenvalue weighted by atomic mass is 10.1. The number of hydrogen-bond acceptors (Lipinski definition) is 4. The van der Waals surface area contributed by atoms with Gasteiger partial charge in [-0.2, -0.15) is 0 Å². The van der Waals surface area contributed by atoms with E-state index >= 15 is 0 Å². The average Bonchev–Trinajstić information content (AvgIpc) is 2.84. The number of benzene rings is 3. The summed E-state index contributed by atoms with van der Waals surface area (Å²) in [4.78, 5) is 12.4. The summed E-state index contributed by atoms with van der Waals surface area (Å²) in [7, 11) is 1.66. The number of unbranched alkanes of at least 4 members (excludes halogenated alkanes) is 3.